The topological polar surface area (TPSA) is 41.6 Å². The number of benzene rings is 3. The van der Waals surface area contributed by atoms with Crippen molar-refractivity contribution in [3.63, 3.8) is 0 Å². The second kappa shape index (κ2) is 10.8. The van der Waals surface area contributed by atoms with E-state index in [1.54, 1.807) is 7.11 Å². The van der Waals surface area contributed by atoms with Gasteiger partial charge in [-0.05, 0) is 92.2 Å². The Bertz CT molecular complexity index is 1160. The lowest BCUT2D eigenvalue weighted by atomic mass is 9.87. The van der Waals surface area contributed by atoms with Crippen LogP contribution in [0, 0.1) is 0 Å². The van der Waals surface area contributed by atoms with Crippen LogP contribution in [0.5, 0.6) is 5.75 Å². The van der Waals surface area contributed by atoms with Crippen LogP contribution in [0.4, 0.5) is 5.69 Å². The van der Waals surface area contributed by atoms with Gasteiger partial charge in [-0.25, -0.2) is 0 Å². The third-order valence-corrected chi connectivity index (χ3v) is 7.96. The van der Waals surface area contributed by atoms with Gasteiger partial charge in [0, 0.05) is 27.9 Å². The highest BCUT2D eigenvalue weighted by Gasteiger charge is 2.29. The lowest BCUT2D eigenvalue weighted by molar-refractivity contribution is 0.102. The fourth-order valence-corrected chi connectivity index (χ4v) is 5.92. The molecule has 0 bridgehead atoms. The van der Waals surface area contributed by atoms with Crippen LogP contribution in [0.3, 0.4) is 0 Å². The molecular formula is C30H33ClN2O2. The van der Waals surface area contributed by atoms with Crippen molar-refractivity contribution in [1.82, 2.24) is 4.90 Å². The molecule has 1 aliphatic carbocycles. The number of hydrogen-bond acceptors (Lipinski definition) is 3. The molecule has 2 aliphatic rings. The number of anilines is 1. The molecular weight excluding hydrogens is 456 g/mol. The van der Waals surface area contributed by atoms with Crippen LogP contribution in [-0.4, -0.2) is 37.0 Å². The van der Waals surface area contributed by atoms with E-state index in [4.69, 9.17) is 16.3 Å². The molecule has 1 saturated heterocycles. The van der Waals surface area contributed by atoms with Crippen LogP contribution in [0.15, 0.2) is 66.7 Å². The number of carbonyl (C=O) groups excluding carboxylic acids is 1. The summed E-state index contributed by atoms with van der Waals surface area (Å²) in [6.45, 7) is 2.29. The van der Waals surface area contributed by atoms with Gasteiger partial charge >= 0.3 is 0 Å². The standard InChI is InChI=1S/C30H33ClN2O2/c1-35-29-15-14-24(20-27(29)22-16-18-33(19-17-22)25-6-2-3-7-25)32-30(34)23-12-10-21(11-13-23)26-8-4-5-9-28(26)31/h4-5,8-15,20,22,25H,2-3,6-7,16-19H2,1H3,(H,32,34). The van der Waals surface area contributed by atoms with Crippen LogP contribution in [0.1, 0.15) is 60.4 Å². The first-order chi connectivity index (χ1) is 17.1. The Hall–Kier alpha value is -2.82. The molecule has 1 N–H and O–H groups in total. The van der Waals surface area contributed by atoms with E-state index < -0.39 is 0 Å². The maximum absolute atomic E-state index is 13.0. The second-order valence-corrected chi connectivity index (χ2v) is 10.1. The summed E-state index contributed by atoms with van der Waals surface area (Å²) in [6.07, 6.45) is 7.73. The number of nitrogens with zero attached hydrogens (tertiary/aromatic N) is 1. The van der Waals surface area contributed by atoms with Crippen LogP contribution < -0.4 is 10.1 Å². The average molecular weight is 489 g/mol. The van der Waals surface area contributed by atoms with Crippen molar-refractivity contribution in [2.75, 3.05) is 25.5 Å². The van der Waals surface area contributed by atoms with Crippen molar-refractivity contribution in [2.24, 2.45) is 0 Å². The number of carbonyl (C=O) groups is 1. The summed E-state index contributed by atoms with van der Waals surface area (Å²) in [4.78, 5) is 15.7. The highest BCUT2D eigenvalue weighted by atomic mass is 35.5. The number of piperidine rings is 1. The predicted octanol–water partition coefficient (Wildman–Crippen LogP) is 7.39. The zero-order valence-electron chi connectivity index (χ0n) is 20.3. The van der Waals surface area contributed by atoms with Crippen LogP contribution >= 0.6 is 11.6 Å². The van der Waals surface area contributed by atoms with Gasteiger partial charge in [-0.2, -0.15) is 0 Å². The molecule has 1 amide bonds. The first-order valence-electron chi connectivity index (χ1n) is 12.7. The molecule has 2 fully saturated rings. The van der Waals surface area contributed by atoms with Crippen molar-refractivity contribution in [1.29, 1.82) is 0 Å². The number of hydrogen-bond donors (Lipinski definition) is 1. The Morgan fingerprint density at radius 1 is 0.943 bits per heavy atom. The minimum atomic E-state index is -0.122. The van der Waals surface area contributed by atoms with E-state index in [-0.39, 0.29) is 5.91 Å². The maximum Gasteiger partial charge on any atom is 0.255 e. The second-order valence-electron chi connectivity index (χ2n) is 9.72. The fraction of sp³-hybridized carbons (Fsp3) is 0.367. The van der Waals surface area contributed by atoms with Crippen LogP contribution in [0.25, 0.3) is 11.1 Å². The van der Waals surface area contributed by atoms with Gasteiger partial charge in [-0.1, -0.05) is 54.8 Å². The van der Waals surface area contributed by atoms with E-state index in [1.165, 1.54) is 31.2 Å². The van der Waals surface area contributed by atoms with E-state index in [0.29, 0.717) is 16.5 Å². The Morgan fingerprint density at radius 2 is 1.66 bits per heavy atom. The molecule has 0 spiro atoms. The summed E-state index contributed by atoms with van der Waals surface area (Å²) < 4.78 is 5.70. The highest BCUT2D eigenvalue weighted by molar-refractivity contribution is 6.33. The van der Waals surface area contributed by atoms with Gasteiger partial charge in [0.1, 0.15) is 5.75 Å². The van der Waals surface area contributed by atoms with Crippen LogP contribution in [0.2, 0.25) is 5.02 Å². The molecule has 0 unspecified atom stereocenters. The van der Waals surface area contributed by atoms with Gasteiger partial charge in [-0.3, -0.25) is 4.79 Å². The third-order valence-electron chi connectivity index (χ3n) is 7.63. The molecule has 3 aromatic carbocycles. The Labute approximate surface area is 213 Å². The molecule has 35 heavy (non-hydrogen) atoms. The van der Waals surface area contributed by atoms with Crippen molar-refractivity contribution < 1.29 is 9.53 Å². The fourth-order valence-electron chi connectivity index (χ4n) is 5.68. The van der Waals surface area contributed by atoms with E-state index in [9.17, 15) is 4.79 Å². The third kappa shape index (κ3) is 5.39. The minimum Gasteiger partial charge on any atom is -0.496 e. The predicted molar refractivity (Wildman–Crippen MR) is 144 cm³/mol. The van der Waals surface area contributed by atoms with Crippen molar-refractivity contribution >= 4 is 23.2 Å². The molecule has 0 aromatic heterocycles. The van der Waals surface area contributed by atoms with Crippen LogP contribution in [-0.2, 0) is 0 Å². The Morgan fingerprint density at radius 3 is 2.34 bits per heavy atom. The molecule has 3 aromatic rings. The van der Waals surface area contributed by atoms with E-state index in [2.05, 4.69) is 16.3 Å². The zero-order chi connectivity index (χ0) is 24.2. The molecule has 1 saturated carbocycles. The van der Waals surface area contributed by atoms with Gasteiger partial charge in [-0.15, -0.1) is 0 Å². The summed E-state index contributed by atoms with van der Waals surface area (Å²) >= 11 is 6.32. The molecule has 1 aliphatic heterocycles. The summed E-state index contributed by atoms with van der Waals surface area (Å²) in [5.41, 5.74) is 4.57. The zero-order valence-corrected chi connectivity index (χ0v) is 21.1. The number of methoxy groups -OCH3 is 1. The van der Waals surface area contributed by atoms with Crippen molar-refractivity contribution in [3.05, 3.63) is 82.9 Å². The number of ether oxygens (including phenoxy) is 1. The monoisotopic (exact) mass is 488 g/mol. The van der Waals surface area contributed by atoms with Crippen molar-refractivity contribution in [3.8, 4) is 16.9 Å². The number of rotatable bonds is 6. The number of nitrogens with one attached hydrogen (secondary N) is 1. The molecule has 5 heteroatoms. The molecule has 4 nitrogen and oxygen atoms in total. The first-order valence-corrected chi connectivity index (χ1v) is 13.1. The Kier molecular flexibility index (Phi) is 7.40. The number of halogens is 1. The minimum absolute atomic E-state index is 0.122. The molecule has 182 valence electrons. The lowest BCUT2D eigenvalue weighted by Gasteiger charge is -2.36. The van der Waals surface area contributed by atoms with E-state index in [0.717, 1.165) is 54.5 Å². The van der Waals surface area contributed by atoms with Gasteiger partial charge in [0.05, 0.1) is 7.11 Å². The summed E-state index contributed by atoms with van der Waals surface area (Å²) in [5.74, 6) is 1.24. The smallest absolute Gasteiger partial charge is 0.255 e. The molecule has 0 atom stereocenters. The van der Waals surface area contributed by atoms with Gasteiger partial charge in [0.2, 0.25) is 0 Å². The number of amides is 1. The molecule has 5 rings (SSSR count). The van der Waals surface area contributed by atoms with E-state index >= 15 is 0 Å². The average Bonchev–Trinajstić information content (AvgIpc) is 3.44. The lowest BCUT2D eigenvalue weighted by Crippen LogP contribution is -2.39. The van der Waals surface area contributed by atoms with Gasteiger partial charge < -0.3 is 15.0 Å². The maximum atomic E-state index is 13.0. The largest absolute Gasteiger partial charge is 0.496 e. The molecule has 1 heterocycles. The number of likely N-dealkylation sites (tertiary alicyclic amines) is 1. The SMILES string of the molecule is COc1ccc(NC(=O)c2ccc(-c3ccccc3Cl)cc2)cc1C1CCN(C2CCCC2)CC1. The normalized spacial score (nSPS) is 17.4. The van der Waals surface area contributed by atoms with E-state index in [1.807, 2.05) is 60.7 Å². The summed E-state index contributed by atoms with van der Waals surface area (Å²) in [7, 11) is 1.73. The van der Waals surface area contributed by atoms with Crippen molar-refractivity contribution in [2.45, 2.75) is 50.5 Å². The quantitative estimate of drug-likeness (QED) is 0.393. The first kappa shape index (κ1) is 23.9. The van der Waals surface area contributed by atoms with Gasteiger partial charge in [0.15, 0.2) is 0 Å². The summed E-state index contributed by atoms with van der Waals surface area (Å²) in [5, 5.41) is 3.78. The highest BCUT2D eigenvalue weighted by Crippen LogP contribution is 2.38. The van der Waals surface area contributed by atoms with Gasteiger partial charge in [0.25, 0.3) is 5.91 Å². The molecule has 0 radical (unpaired) electrons. The Balaban J connectivity index is 1.27. The summed E-state index contributed by atoms with van der Waals surface area (Å²) in [6, 6.07) is 22.1.